The van der Waals surface area contributed by atoms with Crippen molar-refractivity contribution in [1.82, 2.24) is 4.98 Å². The van der Waals surface area contributed by atoms with E-state index in [4.69, 9.17) is 5.11 Å². The van der Waals surface area contributed by atoms with Gasteiger partial charge < -0.3 is 15.7 Å². The van der Waals surface area contributed by atoms with Crippen LogP contribution in [0.4, 0.5) is 11.5 Å². The van der Waals surface area contributed by atoms with Gasteiger partial charge in [-0.05, 0) is 18.6 Å². The second-order valence-electron chi connectivity index (χ2n) is 3.55. The molecule has 0 aliphatic rings. The average Bonchev–Trinajstić information content (AvgIpc) is 2.27. The molecule has 0 aliphatic heterocycles. The molecule has 1 atom stereocenters. The van der Waals surface area contributed by atoms with Crippen LogP contribution >= 0.6 is 0 Å². The topological polar surface area (TPSA) is 74.2 Å². The molecule has 0 aliphatic carbocycles. The van der Waals surface area contributed by atoms with Crippen LogP contribution in [-0.2, 0) is 4.79 Å². The SMILES string of the molecule is CCC(CO)Nc1ccc(NC(C)=O)cn1. The number of carbonyl (C=O) groups excluding carboxylic acids is 1. The predicted octanol–water partition coefficient (Wildman–Crippen LogP) is 1.22. The van der Waals surface area contributed by atoms with E-state index in [-0.39, 0.29) is 18.6 Å². The van der Waals surface area contributed by atoms with Gasteiger partial charge in [-0.3, -0.25) is 4.79 Å². The lowest BCUT2D eigenvalue weighted by molar-refractivity contribution is -0.114. The van der Waals surface area contributed by atoms with Gasteiger partial charge in [0.1, 0.15) is 5.82 Å². The van der Waals surface area contributed by atoms with E-state index in [1.165, 1.54) is 6.92 Å². The molecule has 0 aromatic carbocycles. The molecule has 1 amide bonds. The maximum absolute atomic E-state index is 10.8. The highest BCUT2D eigenvalue weighted by Crippen LogP contribution is 2.11. The maximum Gasteiger partial charge on any atom is 0.221 e. The zero-order valence-corrected chi connectivity index (χ0v) is 9.53. The molecule has 1 aromatic rings. The number of aliphatic hydroxyl groups excluding tert-OH is 1. The molecule has 16 heavy (non-hydrogen) atoms. The molecular formula is C11H17N3O2. The van der Waals surface area contributed by atoms with E-state index in [0.717, 1.165) is 6.42 Å². The van der Waals surface area contributed by atoms with E-state index >= 15 is 0 Å². The van der Waals surface area contributed by atoms with Crippen LogP contribution in [0.2, 0.25) is 0 Å². The van der Waals surface area contributed by atoms with E-state index in [1.807, 2.05) is 6.92 Å². The molecule has 1 rings (SSSR count). The molecule has 0 saturated carbocycles. The number of rotatable bonds is 5. The van der Waals surface area contributed by atoms with E-state index in [9.17, 15) is 4.79 Å². The molecule has 5 nitrogen and oxygen atoms in total. The fourth-order valence-corrected chi connectivity index (χ4v) is 1.24. The van der Waals surface area contributed by atoms with Crippen LogP contribution in [0, 0.1) is 0 Å². The molecule has 1 heterocycles. The van der Waals surface area contributed by atoms with Crippen molar-refractivity contribution >= 4 is 17.4 Å². The first kappa shape index (κ1) is 12.4. The van der Waals surface area contributed by atoms with Gasteiger partial charge in [-0.2, -0.15) is 0 Å². The highest BCUT2D eigenvalue weighted by atomic mass is 16.3. The van der Waals surface area contributed by atoms with Crippen LogP contribution in [0.5, 0.6) is 0 Å². The van der Waals surface area contributed by atoms with Gasteiger partial charge in [0, 0.05) is 6.92 Å². The summed E-state index contributed by atoms with van der Waals surface area (Å²) in [5, 5.41) is 14.7. The Kier molecular flexibility index (Phi) is 4.72. The number of pyridine rings is 1. The van der Waals surface area contributed by atoms with Crippen molar-refractivity contribution in [1.29, 1.82) is 0 Å². The summed E-state index contributed by atoms with van der Waals surface area (Å²) in [6, 6.07) is 3.55. The number of aromatic nitrogens is 1. The fourth-order valence-electron chi connectivity index (χ4n) is 1.24. The molecule has 3 N–H and O–H groups in total. The van der Waals surface area contributed by atoms with Crippen LogP contribution in [0.15, 0.2) is 18.3 Å². The third-order valence-electron chi connectivity index (χ3n) is 2.15. The van der Waals surface area contributed by atoms with Crippen LogP contribution in [-0.4, -0.2) is 28.6 Å². The highest BCUT2D eigenvalue weighted by Gasteiger charge is 2.04. The number of aliphatic hydroxyl groups is 1. The third-order valence-corrected chi connectivity index (χ3v) is 2.15. The molecule has 88 valence electrons. The quantitative estimate of drug-likeness (QED) is 0.701. The first-order valence-corrected chi connectivity index (χ1v) is 5.26. The smallest absolute Gasteiger partial charge is 0.221 e. The zero-order chi connectivity index (χ0) is 12.0. The molecule has 0 fully saturated rings. The minimum atomic E-state index is -0.121. The zero-order valence-electron chi connectivity index (χ0n) is 9.53. The number of nitrogens with zero attached hydrogens (tertiary/aromatic N) is 1. The standard InChI is InChI=1S/C11H17N3O2/c1-3-9(7-15)14-11-5-4-10(6-12-11)13-8(2)16/h4-6,9,15H,3,7H2,1-2H3,(H,12,14)(H,13,16). The van der Waals surface area contributed by atoms with Crippen LogP contribution in [0.1, 0.15) is 20.3 Å². The summed E-state index contributed by atoms with van der Waals surface area (Å²) in [6.45, 7) is 3.51. The summed E-state index contributed by atoms with van der Waals surface area (Å²) in [5.74, 6) is 0.569. The molecule has 0 saturated heterocycles. The number of amides is 1. The number of anilines is 2. The summed E-state index contributed by atoms with van der Waals surface area (Å²) in [7, 11) is 0. The van der Waals surface area contributed by atoms with E-state index in [1.54, 1.807) is 18.3 Å². The van der Waals surface area contributed by atoms with Crippen molar-refractivity contribution in [3.8, 4) is 0 Å². The van der Waals surface area contributed by atoms with Crippen molar-refractivity contribution in [2.45, 2.75) is 26.3 Å². The monoisotopic (exact) mass is 223 g/mol. The van der Waals surface area contributed by atoms with Crippen molar-refractivity contribution in [3.63, 3.8) is 0 Å². The molecule has 5 heteroatoms. The Hall–Kier alpha value is -1.62. The maximum atomic E-state index is 10.8. The largest absolute Gasteiger partial charge is 0.394 e. The first-order valence-electron chi connectivity index (χ1n) is 5.26. The Balaban J connectivity index is 2.60. The Labute approximate surface area is 94.9 Å². The van der Waals surface area contributed by atoms with Gasteiger partial charge in [-0.1, -0.05) is 6.92 Å². The summed E-state index contributed by atoms with van der Waals surface area (Å²) in [5.41, 5.74) is 0.662. The van der Waals surface area contributed by atoms with Gasteiger partial charge in [0.15, 0.2) is 0 Å². The van der Waals surface area contributed by atoms with E-state index in [0.29, 0.717) is 11.5 Å². The predicted molar refractivity (Wildman–Crippen MR) is 63.3 cm³/mol. The van der Waals surface area contributed by atoms with Gasteiger partial charge in [-0.25, -0.2) is 4.98 Å². The molecule has 0 spiro atoms. The Morgan fingerprint density at radius 1 is 1.56 bits per heavy atom. The highest BCUT2D eigenvalue weighted by molar-refractivity contribution is 5.88. The fraction of sp³-hybridized carbons (Fsp3) is 0.455. The van der Waals surface area contributed by atoms with Crippen LogP contribution in [0.25, 0.3) is 0 Å². The van der Waals surface area contributed by atoms with E-state index < -0.39 is 0 Å². The number of nitrogens with one attached hydrogen (secondary N) is 2. The summed E-state index contributed by atoms with van der Waals surface area (Å²) >= 11 is 0. The number of hydrogen-bond acceptors (Lipinski definition) is 4. The van der Waals surface area contributed by atoms with E-state index in [2.05, 4.69) is 15.6 Å². The van der Waals surface area contributed by atoms with Crippen LogP contribution in [0.3, 0.4) is 0 Å². The van der Waals surface area contributed by atoms with Crippen molar-refractivity contribution < 1.29 is 9.90 Å². The lowest BCUT2D eigenvalue weighted by atomic mass is 10.2. The van der Waals surface area contributed by atoms with Gasteiger partial charge in [0.2, 0.25) is 5.91 Å². The lowest BCUT2D eigenvalue weighted by Gasteiger charge is -2.14. The van der Waals surface area contributed by atoms with Gasteiger partial charge >= 0.3 is 0 Å². The summed E-state index contributed by atoms with van der Waals surface area (Å²) in [6.07, 6.45) is 2.40. The second kappa shape index (κ2) is 6.07. The normalized spacial score (nSPS) is 11.9. The Morgan fingerprint density at radius 2 is 2.31 bits per heavy atom. The molecular weight excluding hydrogens is 206 g/mol. The minimum absolute atomic E-state index is 0.0131. The lowest BCUT2D eigenvalue weighted by Crippen LogP contribution is -2.23. The molecule has 0 bridgehead atoms. The first-order chi connectivity index (χ1) is 7.65. The van der Waals surface area contributed by atoms with Gasteiger partial charge in [-0.15, -0.1) is 0 Å². The van der Waals surface area contributed by atoms with Gasteiger partial charge in [0.25, 0.3) is 0 Å². The average molecular weight is 223 g/mol. The second-order valence-corrected chi connectivity index (χ2v) is 3.55. The van der Waals surface area contributed by atoms with Gasteiger partial charge in [0.05, 0.1) is 24.5 Å². The minimum Gasteiger partial charge on any atom is -0.394 e. The van der Waals surface area contributed by atoms with Crippen molar-refractivity contribution in [3.05, 3.63) is 18.3 Å². The Bertz CT molecular complexity index is 334. The van der Waals surface area contributed by atoms with Crippen LogP contribution < -0.4 is 10.6 Å². The third kappa shape index (κ3) is 3.86. The molecule has 1 unspecified atom stereocenters. The van der Waals surface area contributed by atoms with Crippen molar-refractivity contribution in [2.75, 3.05) is 17.2 Å². The number of carbonyl (C=O) groups is 1. The number of hydrogen-bond donors (Lipinski definition) is 3. The summed E-state index contributed by atoms with van der Waals surface area (Å²) in [4.78, 5) is 14.9. The Morgan fingerprint density at radius 3 is 2.75 bits per heavy atom. The molecule has 0 radical (unpaired) electrons. The van der Waals surface area contributed by atoms with Crippen molar-refractivity contribution in [2.24, 2.45) is 0 Å². The molecule has 1 aromatic heterocycles. The summed E-state index contributed by atoms with van der Waals surface area (Å²) < 4.78 is 0.